The molecule has 0 aliphatic carbocycles. The van der Waals surface area contributed by atoms with Gasteiger partial charge in [0.15, 0.2) is 0 Å². The Hall–Kier alpha value is -3.08. The fraction of sp³-hybridized carbons (Fsp3) is 0.222. The number of pyridine rings is 1. The van der Waals surface area contributed by atoms with Gasteiger partial charge >= 0.3 is 0 Å². The number of hydrogen-bond donors (Lipinski definition) is 2. The quantitative estimate of drug-likeness (QED) is 0.346. The number of aromatic nitrogens is 1. The summed E-state index contributed by atoms with van der Waals surface area (Å²) in [7, 11) is 6.15. The molecule has 1 aromatic heterocycles. The first-order valence-corrected chi connectivity index (χ1v) is 11.2. The molecule has 0 spiro atoms. The molecule has 0 radical (unpaired) electrons. The zero-order valence-corrected chi connectivity index (χ0v) is 19.5. The molecular weight excluding hydrogens is 416 g/mol. The van der Waals surface area contributed by atoms with Crippen LogP contribution in [0.1, 0.15) is 22.7 Å². The zero-order chi connectivity index (χ0) is 22.5. The average molecular weight is 445 g/mol. The van der Waals surface area contributed by atoms with Crippen molar-refractivity contribution in [3.63, 3.8) is 0 Å². The third kappa shape index (κ3) is 5.21. The maximum absolute atomic E-state index is 6.12. The van der Waals surface area contributed by atoms with E-state index in [9.17, 15) is 0 Å². The first kappa shape index (κ1) is 22.1. The Morgan fingerprint density at radius 2 is 1.75 bits per heavy atom. The highest BCUT2D eigenvalue weighted by Crippen LogP contribution is 2.26. The highest BCUT2D eigenvalue weighted by molar-refractivity contribution is 6.31. The van der Waals surface area contributed by atoms with Crippen molar-refractivity contribution in [2.45, 2.75) is 19.0 Å². The standard InChI is InChI=1S/C27H29ClN4/c1-29-26(16-19-7-10-23(11-8-19)32(2)3)21-6-4-5-20(15-21)18-31-25-13-14-30-27-17-22(28)9-12-24(25)27/h4-15,17,26,29H,16,18H2,1-3H3,(H,30,31). The van der Waals surface area contributed by atoms with Crippen LogP contribution in [0.2, 0.25) is 5.02 Å². The summed E-state index contributed by atoms with van der Waals surface area (Å²) >= 11 is 6.12. The third-order valence-electron chi connectivity index (χ3n) is 5.78. The molecule has 1 heterocycles. The highest BCUT2D eigenvalue weighted by Gasteiger charge is 2.11. The topological polar surface area (TPSA) is 40.2 Å². The second-order valence-corrected chi connectivity index (χ2v) is 8.66. The van der Waals surface area contributed by atoms with E-state index in [1.165, 1.54) is 22.4 Å². The fourth-order valence-corrected chi connectivity index (χ4v) is 4.11. The summed E-state index contributed by atoms with van der Waals surface area (Å²) in [5.41, 5.74) is 7.02. The van der Waals surface area contributed by atoms with Crippen molar-refractivity contribution in [2.24, 2.45) is 0 Å². The van der Waals surface area contributed by atoms with Gasteiger partial charge in [-0.2, -0.15) is 0 Å². The van der Waals surface area contributed by atoms with E-state index in [2.05, 4.69) is 83.1 Å². The minimum absolute atomic E-state index is 0.254. The second-order valence-electron chi connectivity index (χ2n) is 8.22. The maximum atomic E-state index is 6.12. The first-order valence-electron chi connectivity index (χ1n) is 10.8. The Morgan fingerprint density at radius 1 is 0.938 bits per heavy atom. The highest BCUT2D eigenvalue weighted by atomic mass is 35.5. The summed E-state index contributed by atoms with van der Waals surface area (Å²) in [6, 6.07) is 25.6. The molecule has 0 bridgehead atoms. The molecule has 0 saturated carbocycles. The molecular formula is C27H29ClN4. The predicted octanol–water partition coefficient (Wildman–Crippen LogP) is 6.07. The van der Waals surface area contributed by atoms with E-state index in [1.54, 1.807) is 0 Å². The van der Waals surface area contributed by atoms with Gasteiger partial charge < -0.3 is 15.5 Å². The number of anilines is 2. The van der Waals surface area contributed by atoms with Gasteiger partial charge in [0.05, 0.1) is 5.52 Å². The summed E-state index contributed by atoms with van der Waals surface area (Å²) < 4.78 is 0. The van der Waals surface area contributed by atoms with Gasteiger partial charge in [-0.1, -0.05) is 48.0 Å². The van der Waals surface area contributed by atoms with Crippen molar-refractivity contribution >= 4 is 33.9 Å². The van der Waals surface area contributed by atoms with Gasteiger partial charge in [0, 0.05) is 54.7 Å². The van der Waals surface area contributed by atoms with Crippen molar-refractivity contribution in [1.29, 1.82) is 0 Å². The molecule has 0 saturated heterocycles. The molecule has 0 aliphatic rings. The van der Waals surface area contributed by atoms with Crippen LogP contribution in [0.5, 0.6) is 0 Å². The maximum Gasteiger partial charge on any atom is 0.0737 e. The molecule has 0 amide bonds. The van der Waals surface area contributed by atoms with Crippen LogP contribution in [-0.4, -0.2) is 26.1 Å². The monoisotopic (exact) mass is 444 g/mol. The molecule has 164 valence electrons. The number of nitrogens with zero attached hydrogens (tertiary/aromatic N) is 2. The summed E-state index contributed by atoms with van der Waals surface area (Å²) in [4.78, 5) is 6.55. The van der Waals surface area contributed by atoms with E-state index in [-0.39, 0.29) is 6.04 Å². The van der Waals surface area contributed by atoms with Crippen LogP contribution >= 0.6 is 11.6 Å². The SMILES string of the molecule is CNC(Cc1ccc(N(C)C)cc1)c1cccc(CNc2ccnc3cc(Cl)ccc23)c1. The Labute approximate surface area is 195 Å². The number of rotatable bonds is 8. The third-order valence-corrected chi connectivity index (χ3v) is 6.02. The largest absolute Gasteiger partial charge is 0.380 e. The summed E-state index contributed by atoms with van der Waals surface area (Å²) in [5.74, 6) is 0. The van der Waals surface area contributed by atoms with Crippen LogP contribution in [0.3, 0.4) is 0 Å². The van der Waals surface area contributed by atoms with Crippen LogP contribution in [-0.2, 0) is 13.0 Å². The number of hydrogen-bond acceptors (Lipinski definition) is 4. The molecule has 5 heteroatoms. The lowest BCUT2D eigenvalue weighted by Crippen LogP contribution is -2.19. The fourth-order valence-electron chi connectivity index (χ4n) is 3.94. The van der Waals surface area contributed by atoms with E-state index in [0.717, 1.165) is 29.6 Å². The Morgan fingerprint density at radius 3 is 2.50 bits per heavy atom. The van der Waals surface area contributed by atoms with Gasteiger partial charge in [0.1, 0.15) is 0 Å². The molecule has 2 N–H and O–H groups in total. The molecule has 4 rings (SSSR count). The van der Waals surface area contributed by atoms with Crippen molar-refractivity contribution in [1.82, 2.24) is 10.3 Å². The zero-order valence-electron chi connectivity index (χ0n) is 18.8. The number of fused-ring (bicyclic) bond motifs is 1. The number of nitrogens with one attached hydrogen (secondary N) is 2. The van der Waals surface area contributed by atoms with E-state index in [0.29, 0.717) is 5.02 Å². The average Bonchev–Trinajstić information content (AvgIpc) is 2.81. The van der Waals surface area contributed by atoms with Crippen molar-refractivity contribution in [3.8, 4) is 0 Å². The van der Waals surface area contributed by atoms with Crippen molar-refractivity contribution in [3.05, 3.63) is 101 Å². The first-order chi connectivity index (χ1) is 15.5. The van der Waals surface area contributed by atoms with Crippen molar-refractivity contribution < 1.29 is 0 Å². The van der Waals surface area contributed by atoms with E-state index < -0.39 is 0 Å². The van der Waals surface area contributed by atoms with Gasteiger partial charge in [0.2, 0.25) is 0 Å². The molecule has 4 nitrogen and oxygen atoms in total. The van der Waals surface area contributed by atoms with Crippen LogP contribution in [0, 0.1) is 0 Å². The number of halogens is 1. The minimum Gasteiger partial charge on any atom is -0.380 e. The van der Waals surface area contributed by atoms with Gasteiger partial charge in [-0.05, 0) is 66.6 Å². The lowest BCUT2D eigenvalue weighted by atomic mass is 9.97. The molecule has 1 unspecified atom stereocenters. The normalized spacial score (nSPS) is 12.0. The lowest BCUT2D eigenvalue weighted by molar-refractivity contribution is 0.591. The molecule has 1 atom stereocenters. The lowest BCUT2D eigenvalue weighted by Gasteiger charge is -2.19. The minimum atomic E-state index is 0.254. The predicted molar refractivity (Wildman–Crippen MR) is 137 cm³/mol. The Kier molecular flexibility index (Phi) is 6.93. The van der Waals surface area contributed by atoms with E-state index >= 15 is 0 Å². The smallest absolute Gasteiger partial charge is 0.0737 e. The van der Waals surface area contributed by atoms with E-state index in [1.807, 2.05) is 37.5 Å². The van der Waals surface area contributed by atoms with Gasteiger partial charge in [-0.3, -0.25) is 4.98 Å². The van der Waals surface area contributed by atoms with Crippen molar-refractivity contribution in [2.75, 3.05) is 31.4 Å². The van der Waals surface area contributed by atoms with Crippen LogP contribution < -0.4 is 15.5 Å². The van der Waals surface area contributed by atoms with Gasteiger partial charge in [-0.15, -0.1) is 0 Å². The molecule has 32 heavy (non-hydrogen) atoms. The molecule has 3 aromatic carbocycles. The molecule has 4 aromatic rings. The molecule has 0 fully saturated rings. The van der Waals surface area contributed by atoms with Crippen LogP contribution in [0.25, 0.3) is 10.9 Å². The van der Waals surface area contributed by atoms with Gasteiger partial charge in [-0.25, -0.2) is 0 Å². The van der Waals surface area contributed by atoms with Crippen LogP contribution in [0.4, 0.5) is 11.4 Å². The number of benzene rings is 3. The summed E-state index contributed by atoms with van der Waals surface area (Å²) in [5, 5.41) is 8.82. The Balaban J connectivity index is 1.48. The van der Waals surface area contributed by atoms with Crippen LogP contribution in [0.15, 0.2) is 79.0 Å². The summed E-state index contributed by atoms with van der Waals surface area (Å²) in [6.45, 7) is 0.740. The molecule has 0 aliphatic heterocycles. The summed E-state index contributed by atoms with van der Waals surface area (Å²) in [6.07, 6.45) is 2.76. The van der Waals surface area contributed by atoms with E-state index in [4.69, 9.17) is 11.6 Å². The second kappa shape index (κ2) is 10.0. The van der Waals surface area contributed by atoms with Gasteiger partial charge in [0.25, 0.3) is 0 Å². The number of likely N-dealkylation sites (N-methyl/N-ethyl adjacent to an activating group) is 1. The Bertz CT molecular complexity index is 1190.